The molecule has 0 aromatic carbocycles. The number of rotatable bonds is 3. The van der Waals surface area contributed by atoms with Crippen LogP contribution in [0.4, 0.5) is 0 Å². The summed E-state index contributed by atoms with van der Waals surface area (Å²) in [7, 11) is 0. The Morgan fingerprint density at radius 2 is 2.33 bits per heavy atom. The zero-order valence-corrected chi connectivity index (χ0v) is 13.4. The quantitative estimate of drug-likeness (QED) is 0.912. The predicted molar refractivity (Wildman–Crippen MR) is 83.8 cm³/mol. The standard InChI is InChI=1S/C14H20N2O3S.ClH/c15-8-10-3-4-11(19-10)14(17)16-5-6-18-12(9-16)13-2-1-7-20-13;/h1-2,7,10-12H,3-6,8-9,15H2;1H/t10-,11+,12?;/m1./s1. The van der Waals surface area contributed by atoms with Gasteiger partial charge in [-0.3, -0.25) is 4.79 Å². The summed E-state index contributed by atoms with van der Waals surface area (Å²) in [5.41, 5.74) is 5.59. The third-order valence-electron chi connectivity index (χ3n) is 3.88. The zero-order chi connectivity index (χ0) is 13.9. The monoisotopic (exact) mass is 332 g/mol. The van der Waals surface area contributed by atoms with E-state index in [1.165, 1.54) is 4.88 Å². The first-order chi connectivity index (χ1) is 9.78. The summed E-state index contributed by atoms with van der Waals surface area (Å²) in [4.78, 5) is 15.5. The highest BCUT2D eigenvalue weighted by molar-refractivity contribution is 7.10. The third kappa shape index (κ3) is 3.76. The van der Waals surface area contributed by atoms with Crippen LogP contribution in [0.5, 0.6) is 0 Å². The molecule has 1 aromatic rings. The number of hydrogen-bond acceptors (Lipinski definition) is 5. The van der Waals surface area contributed by atoms with Crippen LogP contribution in [0.2, 0.25) is 0 Å². The first-order valence-electron chi connectivity index (χ1n) is 7.07. The number of carbonyl (C=O) groups is 1. The van der Waals surface area contributed by atoms with Crippen molar-refractivity contribution in [1.82, 2.24) is 4.90 Å². The Hall–Kier alpha value is -0.660. The molecule has 2 saturated heterocycles. The Morgan fingerprint density at radius 1 is 1.48 bits per heavy atom. The lowest BCUT2D eigenvalue weighted by molar-refractivity contribution is -0.150. The lowest BCUT2D eigenvalue weighted by atomic mass is 10.1. The maximum Gasteiger partial charge on any atom is 0.251 e. The van der Waals surface area contributed by atoms with Gasteiger partial charge in [-0.15, -0.1) is 23.7 Å². The summed E-state index contributed by atoms with van der Waals surface area (Å²) in [5, 5.41) is 2.03. The van der Waals surface area contributed by atoms with E-state index in [9.17, 15) is 4.79 Å². The molecule has 2 N–H and O–H groups in total. The van der Waals surface area contributed by atoms with Crippen molar-refractivity contribution >= 4 is 29.7 Å². The van der Waals surface area contributed by atoms with Gasteiger partial charge in [-0.05, 0) is 24.3 Å². The molecule has 21 heavy (non-hydrogen) atoms. The van der Waals surface area contributed by atoms with E-state index in [4.69, 9.17) is 15.2 Å². The van der Waals surface area contributed by atoms with E-state index in [2.05, 4.69) is 6.07 Å². The first kappa shape index (κ1) is 16.7. The maximum absolute atomic E-state index is 12.5. The molecule has 0 radical (unpaired) electrons. The molecule has 3 atom stereocenters. The Morgan fingerprint density at radius 3 is 3.00 bits per heavy atom. The van der Waals surface area contributed by atoms with Crippen molar-refractivity contribution < 1.29 is 14.3 Å². The topological polar surface area (TPSA) is 64.8 Å². The van der Waals surface area contributed by atoms with Crippen LogP contribution in [0.1, 0.15) is 23.8 Å². The van der Waals surface area contributed by atoms with Crippen LogP contribution in [0.15, 0.2) is 17.5 Å². The predicted octanol–water partition coefficient (Wildman–Crippen LogP) is 1.58. The number of nitrogens with two attached hydrogens (primary N) is 1. The molecular weight excluding hydrogens is 312 g/mol. The fourth-order valence-electron chi connectivity index (χ4n) is 2.76. The van der Waals surface area contributed by atoms with Gasteiger partial charge in [0, 0.05) is 18.0 Å². The van der Waals surface area contributed by atoms with Crippen molar-refractivity contribution in [3.63, 3.8) is 0 Å². The van der Waals surface area contributed by atoms with Crippen LogP contribution < -0.4 is 5.73 Å². The van der Waals surface area contributed by atoms with Crippen LogP contribution in [0.3, 0.4) is 0 Å². The molecule has 5 nitrogen and oxygen atoms in total. The van der Waals surface area contributed by atoms with Gasteiger partial charge in [0.2, 0.25) is 0 Å². The highest BCUT2D eigenvalue weighted by atomic mass is 35.5. The fraction of sp³-hybridized carbons (Fsp3) is 0.643. The normalized spacial score (nSPS) is 29.2. The summed E-state index contributed by atoms with van der Waals surface area (Å²) >= 11 is 1.67. The lowest BCUT2D eigenvalue weighted by Crippen LogP contribution is -2.46. The third-order valence-corrected chi connectivity index (χ3v) is 4.85. The molecule has 7 heteroatoms. The number of ether oxygens (including phenoxy) is 2. The zero-order valence-electron chi connectivity index (χ0n) is 11.8. The van der Waals surface area contributed by atoms with Gasteiger partial charge < -0.3 is 20.1 Å². The van der Waals surface area contributed by atoms with Gasteiger partial charge in [0.1, 0.15) is 12.2 Å². The highest BCUT2D eigenvalue weighted by Gasteiger charge is 2.35. The Kier molecular flexibility index (Phi) is 6.01. The van der Waals surface area contributed by atoms with Gasteiger partial charge in [0.15, 0.2) is 0 Å². The molecule has 0 aliphatic carbocycles. The summed E-state index contributed by atoms with van der Waals surface area (Å²) < 4.78 is 11.5. The second kappa shape index (κ2) is 7.56. The molecule has 0 bridgehead atoms. The van der Waals surface area contributed by atoms with E-state index in [1.54, 1.807) is 11.3 Å². The number of carbonyl (C=O) groups excluding carboxylic acids is 1. The van der Waals surface area contributed by atoms with Crippen LogP contribution in [-0.2, 0) is 14.3 Å². The van der Waals surface area contributed by atoms with Crippen LogP contribution in [-0.4, -0.2) is 49.3 Å². The van der Waals surface area contributed by atoms with Crippen molar-refractivity contribution in [2.75, 3.05) is 26.2 Å². The van der Waals surface area contributed by atoms with Crippen molar-refractivity contribution in [2.24, 2.45) is 5.73 Å². The summed E-state index contributed by atoms with van der Waals surface area (Å²) in [6, 6.07) is 4.07. The van der Waals surface area contributed by atoms with Crippen molar-refractivity contribution in [3.8, 4) is 0 Å². The van der Waals surface area contributed by atoms with Crippen molar-refractivity contribution in [3.05, 3.63) is 22.4 Å². The largest absolute Gasteiger partial charge is 0.369 e. The molecule has 2 aliphatic heterocycles. The van der Waals surface area contributed by atoms with Crippen molar-refractivity contribution in [2.45, 2.75) is 31.2 Å². The number of halogens is 1. The summed E-state index contributed by atoms with van der Waals surface area (Å²) in [5.74, 6) is 0.0887. The number of morpholine rings is 1. The molecule has 1 unspecified atom stereocenters. The molecule has 3 rings (SSSR count). The Balaban J connectivity index is 0.00000161. The number of thiophene rings is 1. The molecule has 3 heterocycles. The highest BCUT2D eigenvalue weighted by Crippen LogP contribution is 2.28. The van der Waals surface area contributed by atoms with Crippen molar-refractivity contribution in [1.29, 1.82) is 0 Å². The van der Waals surface area contributed by atoms with Gasteiger partial charge in [-0.2, -0.15) is 0 Å². The van der Waals surface area contributed by atoms with Gasteiger partial charge in [-0.25, -0.2) is 0 Å². The number of hydrogen-bond donors (Lipinski definition) is 1. The second-order valence-electron chi connectivity index (χ2n) is 5.22. The smallest absolute Gasteiger partial charge is 0.251 e. The molecule has 0 saturated carbocycles. The Bertz CT molecular complexity index is 457. The van der Waals surface area contributed by atoms with Crippen LogP contribution in [0, 0.1) is 0 Å². The average molecular weight is 333 g/mol. The van der Waals surface area contributed by atoms with E-state index < -0.39 is 0 Å². The summed E-state index contributed by atoms with van der Waals surface area (Å²) in [6.07, 6.45) is 1.39. The van der Waals surface area contributed by atoms with Gasteiger partial charge in [-0.1, -0.05) is 6.07 Å². The SMILES string of the molecule is Cl.NC[C@H]1CC[C@@H](C(=O)N2CCOC(c3cccs3)C2)O1. The van der Waals surface area contributed by atoms with Crippen LogP contribution in [0.25, 0.3) is 0 Å². The van der Waals surface area contributed by atoms with Gasteiger partial charge in [0.25, 0.3) is 5.91 Å². The molecule has 0 spiro atoms. The Labute approximate surface area is 134 Å². The summed E-state index contributed by atoms with van der Waals surface area (Å²) in [6.45, 7) is 2.34. The minimum atomic E-state index is -0.314. The minimum absolute atomic E-state index is 0. The van der Waals surface area contributed by atoms with Gasteiger partial charge >= 0.3 is 0 Å². The van der Waals surface area contributed by atoms with Crippen LogP contribution >= 0.6 is 23.7 Å². The molecule has 2 fully saturated rings. The second-order valence-corrected chi connectivity index (χ2v) is 6.20. The maximum atomic E-state index is 12.5. The molecule has 1 aromatic heterocycles. The average Bonchev–Trinajstić information content (AvgIpc) is 3.17. The van der Waals surface area contributed by atoms with E-state index in [1.807, 2.05) is 16.3 Å². The van der Waals surface area contributed by atoms with E-state index in [-0.39, 0.29) is 36.6 Å². The van der Waals surface area contributed by atoms with Gasteiger partial charge in [0.05, 0.1) is 19.3 Å². The van der Waals surface area contributed by atoms with E-state index >= 15 is 0 Å². The number of amides is 1. The molecule has 1 amide bonds. The fourth-order valence-corrected chi connectivity index (χ4v) is 3.53. The lowest BCUT2D eigenvalue weighted by Gasteiger charge is -2.34. The first-order valence-corrected chi connectivity index (χ1v) is 7.95. The molecule has 118 valence electrons. The molecule has 2 aliphatic rings. The molecular formula is C14H21ClN2O3S. The van der Waals surface area contributed by atoms with E-state index in [0.29, 0.717) is 26.2 Å². The van der Waals surface area contributed by atoms with E-state index in [0.717, 1.165) is 12.8 Å². The number of nitrogens with zero attached hydrogens (tertiary/aromatic N) is 1. The minimum Gasteiger partial charge on any atom is -0.369 e.